The average Bonchev–Trinajstić information content (AvgIpc) is 2.76. The molecular formula is C11H22N4O2S. The molecule has 0 saturated heterocycles. The van der Waals surface area contributed by atoms with Crippen molar-refractivity contribution in [1.82, 2.24) is 19.6 Å². The second kappa shape index (κ2) is 7.50. The van der Waals surface area contributed by atoms with Crippen molar-refractivity contribution in [2.75, 3.05) is 19.3 Å². The first-order chi connectivity index (χ1) is 8.53. The van der Waals surface area contributed by atoms with E-state index in [1.54, 1.807) is 12.5 Å². The summed E-state index contributed by atoms with van der Waals surface area (Å²) >= 11 is 0. The van der Waals surface area contributed by atoms with Gasteiger partial charge < -0.3 is 9.88 Å². The third-order valence-electron chi connectivity index (χ3n) is 2.51. The zero-order valence-corrected chi connectivity index (χ0v) is 11.8. The molecule has 0 fully saturated rings. The Morgan fingerprint density at radius 2 is 2.17 bits per heavy atom. The number of hydrogen-bond donors (Lipinski definition) is 2. The number of unbranched alkanes of at least 4 members (excludes halogenated alkanes) is 1. The minimum Gasteiger partial charge on any atom is -0.336 e. The maximum atomic E-state index is 11.8. The summed E-state index contributed by atoms with van der Waals surface area (Å²) in [5, 5.41) is 3.00. The van der Waals surface area contributed by atoms with E-state index < -0.39 is 10.0 Å². The van der Waals surface area contributed by atoms with Gasteiger partial charge in [-0.2, -0.15) is 0 Å². The van der Waals surface area contributed by atoms with Gasteiger partial charge in [-0.05, 0) is 33.4 Å². The summed E-state index contributed by atoms with van der Waals surface area (Å²) in [4.78, 5) is 3.92. The number of rotatable bonds is 9. The fourth-order valence-electron chi connectivity index (χ4n) is 1.71. The molecule has 1 atom stereocenters. The summed E-state index contributed by atoms with van der Waals surface area (Å²) in [5.41, 5.74) is 0. The van der Waals surface area contributed by atoms with Crippen molar-refractivity contribution in [2.24, 2.45) is 0 Å². The molecule has 1 aromatic rings. The number of imidazole rings is 1. The van der Waals surface area contributed by atoms with Crippen molar-refractivity contribution in [3.05, 3.63) is 18.7 Å². The molecule has 7 heteroatoms. The lowest BCUT2D eigenvalue weighted by Gasteiger charge is -2.14. The Labute approximate surface area is 109 Å². The van der Waals surface area contributed by atoms with Crippen molar-refractivity contribution < 1.29 is 8.42 Å². The van der Waals surface area contributed by atoms with E-state index in [-0.39, 0.29) is 11.8 Å². The van der Waals surface area contributed by atoms with Gasteiger partial charge in [0, 0.05) is 25.0 Å². The molecule has 1 rings (SSSR count). The number of nitrogens with one attached hydrogen (secondary N) is 2. The molecule has 1 unspecified atom stereocenters. The van der Waals surface area contributed by atoms with Gasteiger partial charge in [0.25, 0.3) is 0 Å². The standard InChI is InChI=1S/C11H22N4O2S/c1-11(9-15-7-6-13-10-15)14-18(16,17)8-4-3-5-12-2/h6-7,10-12,14H,3-5,8-9H2,1-2H3. The predicted molar refractivity (Wildman–Crippen MR) is 71.8 cm³/mol. The first kappa shape index (κ1) is 15.1. The fourth-order valence-corrected chi connectivity index (χ4v) is 3.10. The van der Waals surface area contributed by atoms with Crippen molar-refractivity contribution in [3.63, 3.8) is 0 Å². The topological polar surface area (TPSA) is 76.0 Å². The van der Waals surface area contributed by atoms with Gasteiger partial charge in [0.15, 0.2) is 0 Å². The lowest BCUT2D eigenvalue weighted by Crippen LogP contribution is -2.37. The highest BCUT2D eigenvalue weighted by Gasteiger charge is 2.14. The monoisotopic (exact) mass is 274 g/mol. The molecule has 0 aliphatic rings. The molecule has 0 saturated carbocycles. The Balaban J connectivity index is 2.30. The van der Waals surface area contributed by atoms with Crippen molar-refractivity contribution in [1.29, 1.82) is 0 Å². The number of sulfonamides is 1. The molecule has 18 heavy (non-hydrogen) atoms. The predicted octanol–water partition coefficient (Wildman–Crippen LogP) is 0.191. The van der Waals surface area contributed by atoms with Gasteiger partial charge in [-0.1, -0.05) is 0 Å². The van der Waals surface area contributed by atoms with Crippen LogP contribution in [0.5, 0.6) is 0 Å². The summed E-state index contributed by atoms with van der Waals surface area (Å²) in [6.45, 7) is 3.29. The molecule has 0 amide bonds. The quantitative estimate of drug-likeness (QED) is 0.630. The minimum atomic E-state index is -3.18. The Morgan fingerprint density at radius 3 is 2.78 bits per heavy atom. The molecule has 2 N–H and O–H groups in total. The Bertz CT molecular complexity index is 416. The zero-order chi connectivity index (χ0) is 13.4. The van der Waals surface area contributed by atoms with Crippen LogP contribution in [0.3, 0.4) is 0 Å². The van der Waals surface area contributed by atoms with E-state index in [0.717, 1.165) is 13.0 Å². The van der Waals surface area contributed by atoms with Gasteiger partial charge in [-0.15, -0.1) is 0 Å². The third kappa shape index (κ3) is 6.13. The minimum absolute atomic E-state index is 0.131. The zero-order valence-electron chi connectivity index (χ0n) is 11.0. The lowest BCUT2D eigenvalue weighted by molar-refractivity contribution is 0.518. The van der Waals surface area contributed by atoms with Crippen LogP contribution in [-0.2, 0) is 16.6 Å². The molecule has 0 aliphatic heterocycles. The van der Waals surface area contributed by atoms with E-state index in [4.69, 9.17) is 0 Å². The van der Waals surface area contributed by atoms with E-state index in [2.05, 4.69) is 15.0 Å². The van der Waals surface area contributed by atoms with Gasteiger partial charge in [0.2, 0.25) is 10.0 Å². The number of nitrogens with zero attached hydrogens (tertiary/aromatic N) is 2. The van der Waals surface area contributed by atoms with Crippen LogP contribution in [0.15, 0.2) is 18.7 Å². The molecule has 0 bridgehead atoms. The van der Waals surface area contributed by atoms with E-state index in [1.807, 2.05) is 24.7 Å². The van der Waals surface area contributed by atoms with Crippen LogP contribution in [0, 0.1) is 0 Å². The van der Waals surface area contributed by atoms with Gasteiger partial charge in [-0.25, -0.2) is 18.1 Å². The van der Waals surface area contributed by atoms with Crippen molar-refractivity contribution in [2.45, 2.75) is 32.4 Å². The second-order valence-electron chi connectivity index (χ2n) is 4.41. The third-order valence-corrected chi connectivity index (χ3v) is 4.10. The molecule has 1 aromatic heterocycles. The summed E-state index contributed by atoms with van der Waals surface area (Å²) in [5.74, 6) is 0.183. The highest BCUT2D eigenvalue weighted by atomic mass is 32.2. The normalized spacial score (nSPS) is 13.7. The first-order valence-corrected chi connectivity index (χ1v) is 7.79. The molecule has 0 radical (unpaired) electrons. The first-order valence-electron chi connectivity index (χ1n) is 6.14. The summed E-state index contributed by atoms with van der Waals surface area (Å²) < 4.78 is 28.1. The van der Waals surface area contributed by atoms with Crippen LogP contribution in [0.25, 0.3) is 0 Å². The molecule has 104 valence electrons. The van der Waals surface area contributed by atoms with Gasteiger partial charge in [0.1, 0.15) is 0 Å². The maximum Gasteiger partial charge on any atom is 0.211 e. The van der Waals surface area contributed by atoms with Crippen LogP contribution in [0.1, 0.15) is 19.8 Å². The highest BCUT2D eigenvalue weighted by molar-refractivity contribution is 7.89. The Morgan fingerprint density at radius 1 is 1.39 bits per heavy atom. The summed E-state index contributed by atoms with van der Waals surface area (Å²) in [6.07, 6.45) is 6.72. The molecular weight excluding hydrogens is 252 g/mol. The van der Waals surface area contributed by atoms with E-state index >= 15 is 0 Å². The number of hydrogen-bond acceptors (Lipinski definition) is 4. The lowest BCUT2D eigenvalue weighted by atomic mass is 10.3. The number of aromatic nitrogens is 2. The van der Waals surface area contributed by atoms with Crippen LogP contribution in [0.4, 0.5) is 0 Å². The van der Waals surface area contributed by atoms with E-state index in [0.29, 0.717) is 13.0 Å². The summed E-state index contributed by atoms with van der Waals surface area (Å²) in [6, 6.07) is -0.131. The fraction of sp³-hybridized carbons (Fsp3) is 0.727. The van der Waals surface area contributed by atoms with Crippen LogP contribution in [0.2, 0.25) is 0 Å². The molecule has 0 aromatic carbocycles. The van der Waals surface area contributed by atoms with Gasteiger partial charge in [0.05, 0.1) is 12.1 Å². The SMILES string of the molecule is CNCCCCS(=O)(=O)NC(C)Cn1ccnc1. The van der Waals surface area contributed by atoms with Gasteiger partial charge >= 0.3 is 0 Å². The molecule has 6 nitrogen and oxygen atoms in total. The van der Waals surface area contributed by atoms with E-state index in [9.17, 15) is 8.42 Å². The van der Waals surface area contributed by atoms with Crippen molar-refractivity contribution >= 4 is 10.0 Å². The van der Waals surface area contributed by atoms with Crippen LogP contribution < -0.4 is 10.0 Å². The maximum absolute atomic E-state index is 11.8. The second-order valence-corrected chi connectivity index (χ2v) is 6.28. The van der Waals surface area contributed by atoms with Crippen LogP contribution >= 0.6 is 0 Å². The van der Waals surface area contributed by atoms with E-state index in [1.165, 1.54) is 0 Å². The Hall–Kier alpha value is -0.920. The molecule has 0 spiro atoms. The van der Waals surface area contributed by atoms with Crippen molar-refractivity contribution in [3.8, 4) is 0 Å². The van der Waals surface area contributed by atoms with Gasteiger partial charge in [-0.3, -0.25) is 0 Å². The highest BCUT2D eigenvalue weighted by Crippen LogP contribution is 1.98. The Kier molecular flexibility index (Phi) is 6.31. The van der Waals surface area contributed by atoms with Crippen LogP contribution in [-0.4, -0.2) is 43.4 Å². The summed E-state index contributed by atoms with van der Waals surface area (Å²) in [7, 11) is -1.31. The smallest absolute Gasteiger partial charge is 0.211 e. The molecule has 0 aliphatic carbocycles. The average molecular weight is 274 g/mol. The molecule has 1 heterocycles. The largest absolute Gasteiger partial charge is 0.336 e.